The normalized spacial score (nSPS) is 11.6. The summed E-state index contributed by atoms with van der Waals surface area (Å²) >= 11 is 0. The van der Waals surface area contributed by atoms with E-state index in [1.165, 1.54) is 5.39 Å². The van der Waals surface area contributed by atoms with Gasteiger partial charge in [-0.1, -0.05) is 24.3 Å². The summed E-state index contributed by atoms with van der Waals surface area (Å²) in [7, 11) is 1.67. The lowest BCUT2D eigenvalue weighted by Crippen LogP contribution is -2.28. The summed E-state index contributed by atoms with van der Waals surface area (Å²) < 4.78 is 5.46. The summed E-state index contributed by atoms with van der Waals surface area (Å²) in [5, 5.41) is 14.7. The van der Waals surface area contributed by atoms with Gasteiger partial charge in [-0.25, -0.2) is 0 Å². The smallest absolute Gasteiger partial charge is 0.309 e. The van der Waals surface area contributed by atoms with E-state index in [0.29, 0.717) is 19.5 Å². The number of carboxylic acids is 1. The summed E-state index contributed by atoms with van der Waals surface area (Å²) in [5.74, 6) is 0.0845. The molecule has 2 aromatic rings. The zero-order valence-corrected chi connectivity index (χ0v) is 13.3. The number of methoxy groups -OCH3 is 1. The lowest BCUT2D eigenvalue weighted by atomic mass is 9.90. The SMILES string of the molecule is COc1cc2ccccc2cc1CNCCC(C)(C)C(=O)O. The highest BCUT2D eigenvalue weighted by atomic mass is 16.5. The first-order valence-electron chi connectivity index (χ1n) is 7.44. The van der Waals surface area contributed by atoms with Crippen molar-refractivity contribution in [2.75, 3.05) is 13.7 Å². The van der Waals surface area contributed by atoms with Crippen molar-refractivity contribution >= 4 is 16.7 Å². The average molecular weight is 301 g/mol. The minimum Gasteiger partial charge on any atom is -0.496 e. The predicted octanol–water partition coefficient (Wildman–Crippen LogP) is 3.44. The van der Waals surface area contributed by atoms with E-state index in [1.54, 1.807) is 21.0 Å². The van der Waals surface area contributed by atoms with Crippen LogP contribution < -0.4 is 10.1 Å². The Labute approximate surface area is 131 Å². The molecule has 0 aliphatic rings. The first kappa shape index (κ1) is 16.3. The number of hydrogen-bond donors (Lipinski definition) is 2. The van der Waals surface area contributed by atoms with E-state index in [2.05, 4.69) is 23.5 Å². The summed E-state index contributed by atoms with van der Waals surface area (Å²) in [5.41, 5.74) is 0.370. The Bertz CT molecular complexity index is 664. The number of benzene rings is 2. The van der Waals surface area contributed by atoms with Gasteiger partial charge in [0.2, 0.25) is 0 Å². The zero-order valence-electron chi connectivity index (χ0n) is 13.3. The molecule has 22 heavy (non-hydrogen) atoms. The molecule has 0 bridgehead atoms. The lowest BCUT2D eigenvalue weighted by molar-refractivity contribution is -0.147. The van der Waals surface area contributed by atoms with Crippen molar-refractivity contribution in [2.24, 2.45) is 5.41 Å². The quantitative estimate of drug-likeness (QED) is 0.769. The number of carboxylic acid groups (broad SMARTS) is 1. The first-order valence-corrected chi connectivity index (χ1v) is 7.44. The van der Waals surface area contributed by atoms with Crippen molar-refractivity contribution in [3.8, 4) is 5.75 Å². The van der Waals surface area contributed by atoms with Gasteiger partial charge in [0.05, 0.1) is 12.5 Å². The van der Waals surface area contributed by atoms with Crippen molar-refractivity contribution in [1.29, 1.82) is 0 Å². The van der Waals surface area contributed by atoms with Crippen LogP contribution in [0.4, 0.5) is 0 Å². The molecule has 0 amide bonds. The number of fused-ring (bicyclic) bond motifs is 1. The van der Waals surface area contributed by atoms with Gasteiger partial charge in [-0.15, -0.1) is 0 Å². The Balaban J connectivity index is 2.03. The van der Waals surface area contributed by atoms with Gasteiger partial charge in [-0.05, 0) is 49.7 Å². The second kappa shape index (κ2) is 6.79. The van der Waals surface area contributed by atoms with Crippen LogP contribution in [0.1, 0.15) is 25.8 Å². The predicted molar refractivity (Wildman–Crippen MR) is 88.2 cm³/mol. The van der Waals surface area contributed by atoms with Gasteiger partial charge in [0.1, 0.15) is 5.75 Å². The van der Waals surface area contributed by atoms with E-state index in [9.17, 15) is 4.79 Å². The zero-order chi connectivity index (χ0) is 16.2. The monoisotopic (exact) mass is 301 g/mol. The molecule has 0 radical (unpaired) electrons. The molecule has 0 atom stereocenters. The van der Waals surface area contributed by atoms with E-state index >= 15 is 0 Å². The Hall–Kier alpha value is -2.07. The maximum atomic E-state index is 11.1. The minimum atomic E-state index is -0.766. The third-order valence-corrected chi connectivity index (χ3v) is 3.97. The van der Waals surface area contributed by atoms with E-state index in [-0.39, 0.29) is 0 Å². The van der Waals surface area contributed by atoms with E-state index in [4.69, 9.17) is 9.84 Å². The molecule has 2 aromatic carbocycles. The number of rotatable bonds is 7. The third-order valence-electron chi connectivity index (χ3n) is 3.97. The standard InChI is InChI=1S/C18H23NO3/c1-18(2,17(20)21)8-9-19-12-15-10-13-6-4-5-7-14(13)11-16(15)22-3/h4-7,10-11,19H,8-9,12H2,1-3H3,(H,20,21). The molecular formula is C18H23NO3. The van der Waals surface area contributed by atoms with Crippen molar-refractivity contribution in [3.05, 3.63) is 42.0 Å². The van der Waals surface area contributed by atoms with Gasteiger partial charge >= 0.3 is 5.97 Å². The van der Waals surface area contributed by atoms with Gasteiger partial charge in [0.15, 0.2) is 0 Å². The first-order chi connectivity index (χ1) is 10.4. The number of nitrogens with one attached hydrogen (secondary N) is 1. The Kier molecular flexibility index (Phi) is 5.03. The molecule has 0 saturated carbocycles. The topological polar surface area (TPSA) is 58.6 Å². The molecule has 118 valence electrons. The Morgan fingerprint density at radius 2 is 1.86 bits per heavy atom. The maximum Gasteiger partial charge on any atom is 0.309 e. The Morgan fingerprint density at radius 3 is 2.45 bits per heavy atom. The second-order valence-electron chi connectivity index (χ2n) is 6.13. The van der Waals surface area contributed by atoms with Crippen LogP contribution in [0, 0.1) is 5.41 Å². The van der Waals surface area contributed by atoms with Crippen LogP contribution in [0.15, 0.2) is 36.4 Å². The molecule has 0 aliphatic carbocycles. The van der Waals surface area contributed by atoms with Gasteiger partial charge in [0, 0.05) is 12.1 Å². The van der Waals surface area contributed by atoms with Crippen LogP contribution in [-0.4, -0.2) is 24.7 Å². The summed E-state index contributed by atoms with van der Waals surface area (Å²) in [6, 6.07) is 12.3. The van der Waals surface area contributed by atoms with Crippen LogP contribution >= 0.6 is 0 Å². The number of carbonyl (C=O) groups is 1. The summed E-state index contributed by atoms with van der Waals surface area (Å²) in [6.45, 7) is 4.79. The molecule has 0 saturated heterocycles. The van der Waals surface area contributed by atoms with Crippen LogP contribution in [0.3, 0.4) is 0 Å². The van der Waals surface area contributed by atoms with Crippen molar-refractivity contribution < 1.29 is 14.6 Å². The van der Waals surface area contributed by atoms with Crippen LogP contribution in [0.5, 0.6) is 5.75 Å². The third kappa shape index (κ3) is 3.77. The Morgan fingerprint density at radius 1 is 1.23 bits per heavy atom. The van der Waals surface area contributed by atoms with E-state index < -0.39 is 11.4 Å². The molecule has 4 heteroatoms. The molecule has 0 fully saturated rings. The molecule has 0 aromatic heterocycles. The highest BCUT2D eigenvalue weighted by Gasteiger charge is 2.26. The van der Waals surface area contributed by atoms with Crippen molar-refractivity contribution in [2.45, 2.75) is 26.8 Å². The highest BCUT2D eigenvalue weighted by Crippen LogP contribution is 2.26. The number of ether oxygens (including phenoxy) is 1. The lowest BCUT2D eigenvalue weighted by Gasteiger charge is -2.19. The molecule has 2 N–H and O–H groups in total. The molecule has 2 rings (SSSR count). The fourth-order valence-electron chi connectivity index (χ4n) is 2.33. The molecule has 4 nitrogen and oxygen atoms in total. The number of aliphatic carboxylic acids is 1. The van der Waals surface area contributed by atoms with Crippen LogP contribution in [-0.2, 0) is 11.3 Å². The van der Waals surface area contributed by atoms with Crippen LogP contribution in [0.25, 0.3) is 10.8 Å². The average Bonchev–Trinajstić information content (AvgIpc) is 2.50. The summed E-state index contributed by atoms with van der Waals surface area (Å²) in [4.78, 5) is 11.1. The largest absolute Gasteiger partial charge is 0.496 e. The molecule has 0 heterocycles. The minimum absolute atomic E-state index is 0.582. The molecule has 0 unspecified atom stereocenters. The van der Waals surface area contributed by atoms with Crippen LogP contribution in [0.2, 0.25) is 0 Å². The van der Waals surface area contributed by atoms with Crippen molar-refractivity contribution in [1.82, 2.24) is 5.32 Å². The van der Waals surface area contributed by atoms with Gasteiger partial charge in [0.25, 0.3) is 0 Å². The second-order valence-corrected chi connectivity index (χ2v) is 6.13. The fraction of sp³-hybridized carbons (Fsp3) is 0.389. The van der Waals surface area contributed by atoms with Gasteiger partial charge in [-0.3, -0.25) is 4.79 Å². The molecule has 0 aliphatic heterocycles. The van der Waals surface area contributed by atoms with Gasteiger partial charge in [-0.2, -0.15) is 0 Å². The number of hydrogen-bond acceptors (Lipinski definition) is 3. The fourth-order valence-corrected chi connectivity index (χ4v) is 2.33. The maximum absolute atomic E-state index is 11.1. The molecular weight excluding hydrogens is 278 g/mol. The van der Waals surface area contributed by atoms with E-state index in [1.807, 2.05) is 18.2 Å². The highest BCUT2D eigenvalue weighted by molar-refractivity contribution is 5.85. The molecule has 0 spiro atoms. The summed E-state index contributed by atoms with van der Waals surface area (Å²) in [6.07, 6.45) is 0.582. The van der Waals surface area contributed by atoms with Gasteiger partial charge < -0.3 is 15.2 Å². The van der Waals surface area contributed by atoms with Crippen molar-refractivity contribution in [3.63, 3.8) is 0 Å². The van der Waals surface area contributed by atoms with E-state index in [0.717, 1.165) is 16.7 Å².